The Kier molecular flexibility index (Phi) is 4.49. The van der Waals surface area contributed by atoms with E-state index in [1.165, 1.54) is 31.2 Å². The fourth-order valence-electron chi connectivity index (χ4n) is 3.83. The van der Waals surface area contributed by atoms with Crippen LogP contribution in [-0.4, -0.2) is 39.8 Å². The van der Waals surface area contributed by atoms with Gasteiger partial charge in [0.15, 0.2) is 0 Å². The molecule has 1 aliphatic heterocycles. The van der Waals surface area contributed by atoms with Gasteiger partial charge in [-0.1, -0.05) is 12.1 Å². The van der Waals surface area contributed by atoms with E-state index in [9.17, 15) is 24.8 Å². The Bertz CT molecular complexity index is 786. The molecule has 1 amide bonds. The quantitative estimate of drug-likeness (QED) is 0.469. The minimum Gasteiger partial charge on any atom is -0.466 e. The molecule has 2 N–H and O–H groups in total. The van der Waals surface area contributed by atoms with Crippen LogP contribution in [0.4, 0.5) is 5.69 Å². The van der Waals surface area contributed by atoms with Gasteiger partial charge in [0.1, 0.15) is 0 Å². The van der Waals surface area contributed by atoms with E-state index < -0.39 is 34.2 Å². The van der Waals surface area contributed by atoms with E-state index in [0.29, 0.717) is 11.3 Å². The molecule has 1 aromatic carbocycles. The lowest BCUT2D eigenvalue weighted by atomic mass is 9.61. The largest absolute Gasteiger partial charge is 0.466 e. The van der Waals surface area contributed by atoms with Crippen LogP contribution < -0.4 is 5.43 Å². The molecule has 1 heterocycles. The maximum absolute atomic E-state index is 12.6. The van der Waals surface area contributed by atoms with Crippen LogP contribution in [0.3, 0.4) is 0 Å². The van der Waals surface area contributed by atoms with Crippen molar-refractivity contribution in [2.45, 2.75) is 31.8 Å². The first-order valence-corrected chi connectivity index (χ1v) is 8.26. The van der Waals surface area contributed by atoms with Crippen LogP contribution in [0.1, 0.15) is 31.7 Å². The normalized spacial score (nSPS) is 30.2. The molecule has 0 bridgehead atoms. The molecule has 2 aliphatic rings. The number of amides is 1. The smallest absolute Gasteiger partial charge is 0.312 e. The van der Waals surface area contributed by atoms with E-state index >= 15 is 0 Å². The molecule has 0 spiro atoms. The second kappa shape index (κ2) is 6.49. The summed E-state index contributed by atoms with van der Waals surface area (Å²) in [6.45, 7) is 3.30. The Morgan fingerprint density at radius 2 is 2.12 bits per heavy atom. The van der Waals surface area contributed by atoms with Gasteiger partial charge >= 0.3 is 5.97 Å². The first-order valence-electron chi connectivity index (χ1n) is 8.26. The van der Waals surface area contributed by atoms with Crippen molar-refractivity contribution in [2.75, 3.05) is 6.61 Å². The van der Waals surface area contributed by atoms with Crippen molar-refractivity contribution in [3.05, 3.63) is 39.9 Å². The van der Waals surface area contributed by atoms with Gasteiger partial charge in [-0.25, -0.2) is 5.43 Å². The lowest BCUT2D eigenvalue weighted by Gasteiger charge is -2.43. The van der Waals surface area contributed by atoms with E-state index in [-0.39, 0.29) is 24.6 Å². The van der Waals surface area contributed by atoms with Crippen molar-refractivity contribution in [3.63, 3.8) is 0 Å². The highest BCUT2D eigenvalue weighted by molar-refractivity contribution is 6.10. The van der Waals surface area contributed by atoms with Crippen LogP contribution in [0.15, 0.2) is 29.4 Å². The zero-order valence-electron chi connectivity index (χ0n) is 14.3. The summed E-state index contributed by atoms with van der Waals surface area (Å²) in [6.07, 6.45) is 0.0589. The molecule has 0 unspecified atom stereocenters. The lowest BCUT2D eigenvalue weighted by molar-refractivity contribution is -0.384. The number of nitrogens with one attached hydrogen (secondary N) is 1. The van der Waals surface area contributed by atoms with Gasteiger partial charge in [-0.05, 0) is 19.4 Å². The Morgan fingerprint density at radius 1 is 1.46 bits per heavy atom. The maximum Gasteiger partial charge on any atom is 0.312 e. The molecule has 1 aromatic rings. The Hall–Kier alpha value is -2.81. The topological polar surface area (TPSA) is 131 Å². The van der Waals surface area contributed by atoms with Crippen molar-refractivity contribution in [3.8, 4) is 0 Å². The van der Waals surface area contributed by atoms with E-state index in [2.05, 4.69) is 10.5 Å². The number of fused-ring (bicyclic) bond motifs is 1. The first-order chi connectivity index (χ1) is 12.3. The fourth-order valence-corrected chi connectivity index (χ4v) is 3.83. The monoisotopic (exact) mass is 361 g/mol. The number of hydrazone groups is 1. The van der Waals surface area contributed by atoms with E-state index in [1.54, 1.807) is 6.92 Å². The summed E-state index contributed by atoms with van der Waals surface area (Å²) < 4.78 is 5.14. The minimum atomic E-state index is -1.47. The standard InChI is InChI=1S/C17H19N3O6/c1-3-26-16(22)14-12(9-4-6-10(7-5-9)20(24)25)13-11(8-17(14,2)23)18-19-15(13)21/h4-7,12-14,23H,3,8H2,1-2H3,(H,19,21)/t12-,13+,14-,17+/m0/s1. The van der Waals surface area contributed by atoms with E-state index in [1.807, 2.05) is 0 Å². The fraction of sp³-hybridized carbons (Fsp3) is 0.471. The Balaban J connectivity index is 2.10. The molecule has 1 saturated carbocycles. The number of carbonyl (C=O) groups is 2. The van der Waals surface area contributed by atoms with Gasteiger partial charge in [0.05, 0.1) is 34.7 Å². The Morgan fingerprint density at radius 3 is 2.69 bits per heavy atom. The lowest BCUT2D eigenvalue weighted by Crippen LogP contribution is -2.54. The molecule has 0 saturated heterocycles. The average Bonchev–Trinajstić information content (AvgIpc) is 2.93. The Labute approximate surface area is 149 Å². The zero-order chi connectivity index (χ0) is 19.1. The summed E-state index contributed by atoms with van der Waals surface area (Å²) in [4.78, 5) is 35.3. The zero-order valence-corrected chi connectivity index (χ0v) is 14.3. The molecular weight excluding hydrogens is 342 g/mol. The van der Waals surface area contributed by atoms with Gasteiger partial charge < -0.3 is 9.84 Å². The summed E-state index contributed by atoms with van der Waals surface area (Å²) in [5, 5.41) is 25.8. The van der Waals surface area contributed by atoms with Crippen LogP contribution in [0.2, 0.25) is 0 Å². The molecule has 4 atom stereocenters. The van der Waals surface area contributed by atoms with Crippen molar-refractivity contribution in [1.29, 1.82) is 0 Å². The number of nitro benzene ring substituents is 1. The molecule has 9 nitrogen and oxygen atoms in total. The molecule has 1 fully saturated rings. The second-order valence-corrected chi connectivity index (χ2v) is 6.69. The third kappa shape index (κ3) is 2.94. The molecule has 0 aromatic heterocycles. The van der Waals surface area contributed by atoms with Gasteiger partial charge in [-0.2, -0.15) is 5.10 Å². The average molecular weight is 361 g/mol. The number of non-ortho nitro benzene ring substituents is 1. The third-order valence-electron chi connectivity index (χ3n) is 4.91. The summed E-state index contributed by atoms with van der Waals surface area (Å²) in [7, 11) is 0. The van der Waals surface area contributed by atoms with Crippen molar-refractivity contribution in [2.24, 2.45) is 16.9 Å². The highest BCUT2D eigenvalue weighted by Gasteiger charge is 2.57. The molecule has 138 valence electrons. The van der Waals surface area contributed by atoms with Crippen LogP contribution >= 0.6 is 0 Å². The minimum absolute atomic E-state index is 0.0589. The van der Waals surface area contributed by atoms with Gasteiger partial charge in [-0.15, -0.1) is 0 Å². The maximum atomic E-state index is 12.6. The number of aliphatic hydroxyl groups is 1. The number of carbonyl (C=O) groups excluding carboxylic acids is 2. The third-order valence-corrected chi connectivity index (χ3v) is 4.91. The van der Waals surface area contributed by atoms with E-state index in [0.717, 1.165) is 0 Å². The first kappa shape index (κ1) is 18.0. The van der Waals surface area contributed by atoms with Crippen LogP contribution in [-0.2, 0) is 14.3 Å². The molecule has 3 rings (SSSR count). The number of hydrogen-bond donors (Lipinski definition) is 2. The van der Waals surface area contributed by atoms with Crippen molar-refractivity contribution >= 4 is 23.3 Å². The number of nitro groups is 1. The molecule has 9 heteroatoms. The summed E-state index contributed by atoms with van der Waals surface area (Å²) in [5.41, 5.74) is 1.82. The predicted molar refractivity (Wildman–Crippen MR) is 90.3 cm³/mol. The van der Waals surface area contributed by atoms with Gasteiger partial charge in [0.2, 0.25) is 5.91 Å². The number of rotatable bonds is 4. The van der Waals surface area contributed by atoms with Gasteiger partial charge in [0, 0.05) is 24.5 Å². The highest BCUT2D eigenvalue weighted by atomic mass is 16.6. The van der Waals surface area contributed by atoms with Gasteiger partial charge in [-0.3, -0.25) is 19.7 Å². The number of nitrogens with zero attached hydrogens (tertiary/aromatic N) is 2. The molecule has 26 heavy (non-hydrogen) atoms. The summed E-state index contributed by atoms with van der Waals surface area (Å²) in [5.74, 6) is -3.45. The van der Waals surface area contributed by atoms with Crippen LogP contribution in [0, 0.1) is 22.0 Å². The van der Waals surface area contributed by atoms with Crippen LogP contribution in [0.25, 0.3) is 0 Å². The molecular formula is C17H19N3O6. The summed E-state index contributed by atoms with van der Waals surface area (Å²) in [6, 6.07) is 5.62. The number of benzene rings is 1. The highest BCUT2D eigenvalue weighted by Crippen LogP contribution is 2.47. The molecule has 0 radical (unpaired) electrons. The predicted octanol–water partition coefficient (Wildman–Crippen LogP) is 1.11. The van der Waals surface area contributed by atoms with E-state index in [4.69, 9.17) is 4.74 Å². The van der Waals surface area contributed by atoms with Crippen LogP contribution in [0.5, 0.6) is 0 Å². The van der Waals surface area contributed by atoms with Crippen molar-refractivity contribution in [1.82, 2.24) is 5.43 Å². The number of esters is 1. The number of hydrogen-bond acceptors (Lipinski definition) is 7. The number of ether oxygens (including phenoxy) is 1. The molecule has 1 aliphatic carbocycles. The SMILES string of the molecule is CCOC(=O)[C@@H]1[C@@H](c2ccc([N+](=O)[O-])cc2)[C@@H]2C(=O)NN=C2C[C@@]1(C)O. The summed E-state index contributed by atoms with van der Waals surface area (Å²) >= 11 is 0. The second-order valence-electron chi connectivity index (χ2n) is 6.69. The van der Waals surface area contributed by atoms with Gasteiger partial charge in [0.25, 0.3) is 5.69 Å². The van der Waals surface area contributed by atoms with Crippen molar-refractivity contribution < 1.29 is 24.4 Å².